The average Bonchev–Trinajstić information content (AvgIpc) is 2.01. The second kappa shape index (κ2) is 4.30. The third kappa shape index (κ3) is 3.08. The van der Waals surface area contributed by atoms with E-state index in [9.17, 15) is 0 Å². The largest absolute Gasteiger partial charge is 0.370 e. The van der Waals surface area contributed by atoms with Crippen molar-refractivity contribution in [3.8, 4) is 0 Å². The van der Waals surface area contributed by atoms with E-state index in [-0.39, 0.29) is 5.96 Å². The number of nitrogens with zero attached hydrogens (tertiary/aromatic N) is 1. The Labute approximate surface area is 85.0 Å². The first kappa shape index (κ1) is 9.31. The van der Waals surface area contributed by atoms with Crippen LogP contribution in [0.15, 0.2) is 29.3 Å². The summed E-state index contributed by atoms with van der Waals surface area (Å²) in [6, 6.07) is 8.06. The van der Waals surface area contributed by atoms with Gasteiger partial charge in [0.1, 0.15) is 0 Å². The van der Waals surface area contributed by atoms with Crippen molar-refractivity contribution in [1.82, 2.24) is 0 Å². The van der Waals surface area contributed by atoms with E-state index in [0.29, 0.717) is 6.54 Å². The van der Waals surface area contributed by atoms with E-state index in [0.717, 1.165) is 5.56 Å². The topological polar surface area (TPSA) is 64.4 Å². The minimum Gasteiger partial charge on any atom is -0.370 e. The summed E-state index contributed by atoms with van der Waals surface area (Å²) in [5.74, 6) is 0.133. The van der Waals surface area contributed by atoms with Crippen LogP contribution in [0.1, 0.15) is 5.56 Å². The Morgan fingerprint density at radius 2 is 2.17 bits per heavy atom. The molecule has 0 heterocycles. The van der Waals surface area contributed by atoms with Crippen molar-refractivity contribution < 1.29 is 0 Å². The maximum atomic E-state index is 5.20. The van der Waals surface area contributed by atoms with E-state index in [2.05, 4.69) is 27.6 Å². The number of hydrogen-bond acceptors (Lipinski definition) is 1. The zero-order chi connectivity index (χ0) is 8.97. The molecule has 64 valence electrons. The number of guanidine groups is 1. The summed E-state index contributed by atoms with van der Waals surface area (Å²) in [6.45, 7) is 0.555. The maximum Gasteiger partial charge on any atom is 0.186 e. The van der Waals surface area contributed by atoms with E-state index < -0.39 is 0 Å². The molecule has 0 aliphatic carbocycles. The molecule has 0 aliphatic heterocycles. The van der Waals surface area contributed by atoms with Gasteiger partial charge in [-0.05, 0) is 40.3 Å². The predicted molar refractivity (Wildman–Crippen MR) is 58.7 cm³/mol. The molecule has 0 atom stereocenters. The highest BCUT2D eigenvalue weighted by Crippen LogP contribution is 2.08. The Balaban J connectivity index is 2.70. The third-order valence-corrected chi connectivity index (χ3v) is 2.00. The third-order valence-electron chi connectivity index (χ3n) is 1.33. The molecular formula is C8H10IN3. The zero-order valence-electron chi connectivity index (χ0n) is 6.50. The molecule has 0 radical (unpaired) electrons. The van der Waals surface area contributed by atoms with E-state index in [1.807, 2.05) is 24.3 Å². The van der Waals surface area contributed by atoms with Gasteiger partial charge in [0.05, 0.1) is 6.54 Å². The van der Waals surface area contributed by atoms with Gasteiger partial charge in [0, 0.05) is 3.57 Å². The molecule has 0 spiro atoms. The van der Waals surface area contributed by atoms with Crippen molar-refractivity contribution >= 4 is 28.6 Å². The highest BCUT2D eigenvalue weighted by Gasteiger charge is 1.91. The smallest absolute Gasteiger partial charge is 0.186 e. The summed E-state index contributed by atoms with van der Waals surface area (Å²) >= 11 is 2.25. The van der Waals surface area contributed by atoms with Crippen LogP contribution in [0.2, 0.25) is 0 Å². The number of rotatable bonds is 2. The second-order valence-corrected chi connectivity index (χ2v) is 3.62. The van der Waals surface area contributed by atoms with Crippen LogP contribution in [0.4, 0.5) is 0 Å². The fraction of sp³-hybridized carbons (Fsp3) is 0.125. The van der Waals surface area contributed by atoms with Gasteiger partial charge in [0.25, 0.3) is 0 Å². The Morgan fingerprint density at radius 1 is 1.42 bits per heavy atom. The Kier molecular flexibility index (Phi) is 3.33. The van der Waals surface area contributed by atoms with Gasteiger partial charge in [0.2, 0.25) is 0 Å². The second-order valence-electron chi connectivity index (χ2n) is 2.37. The summed E-state index contributed by atoms with van der Waals surface area (Å²) in [4.78, 5) is 3.90. The highest BCUT2D eigenvalue weighted by atomic mass is 127. The molecule has 3 nitrogen and oxygen atoms in total. The summed E-state index contributed by atoms with van der Waals surface area (Å²) in [6.07, 6.45) is 0. The molecule has 1 aromatic rings. The van der Waals surface area contributed by atoms with Crippen molar-refractivity contribution in [3.63, 3.8) is 0 Å². The lowest BCUT2D eigenvalue weighted by molar-refractivity contribution is 1.05. The molecule has 0 aliphatic rings. The average molecular weight is 274 g/mol. The molecule has 4 heteroatoms. The summed E-state index contributed by atoms with van der Waals surface area (Å²) in [5.41, 5.74) is 11.5. The molecular weight excluding hydrogens is 264 g/mol. The van der Waals surface area contributed by atoms with Crippen molar-refractivity contribution in [2.75, 3.05) is 0 Å². The fourth-order valence-electron chi connectivity index (χ4n) is 0.818. The molecule has 0 saturated carbocycles. The fourth-order valence-corrected chi connectivity index (χ4v) is 1.43. The van der Waals surface area contributed by atoms with Crippen LogP contribution in [-0.2, 0) is 6.54 Å². The number of nitrogens with two attached hydrogens (primary N) is 2. The highest BCUT2D eigenvalue weighted by molar-refractivity contribution is 14.1. The van der Waals surface area contributed by atoms with Gasteiger partial charge in [-0.1, -0.05) is 12.1 Å². The summed E-state index contributed by atoms with van der Waals surface area (Å²) < 4.78 is 1.19. The summed E-state index contributed by atoms with van der Waals surface area (Å²) in [5, 5.41) is 0. The first-order valence-corrected chi connectivity index (χ1v) is 4.56. The van der Waals surface area contributed by atoms with Gasteiger partial charge in [-0.3, -0.25) is 0 Å². The number of benzene rings is 1. The zero-order valence-corrected chi connectivity index (χ0v) is 8.65. The van der Waals surface area contributed by atoms with E-state index in [1.165, 1.54) is 3.57 Å². The van der Waals surface area contributed by atoms with Crippen LogP contribution in [0.5, 0.6) is 0 Å². The lowest BCUT2D eigenvalue weighted by Gasteiger charge is -1.97. The lowest BCUT2D eigenvalue weighted by atomic mass is 10.2. The number of hydrogen-bond donors (Lipinski definition) is 2. The van der Waals surface area contributed by atoms with Crippen LogP contribution in [0.25, 0.3) is 0 Å². The van der Waals surface area contributed by atoms with Crippen LogP contribution in [0.3, 0.4) is 0 Å². The van der Waals surface area contributed by atoms with Crippen LogP contribution in [0, 0.1) is 3.57 Å². The van der Waals surface area contributed by atoms with Crippen molar-refractivity contribution in [3.05, 3.63) is 33.4 Å². The van der Waals surface area contributed by atoms with E-state index in [4.69, 9.17) is 11.5 Å². The molecule has 0 unspecified atom stereocenters. The number of aliphatic imine (C=N–C) groups is 1. The van der Waals surface area contributed by atoms with Crippen molar-refractivity contribution in [1.29, 1.82) is 0 Å². The molecule has 4 N–H and O–H groups in total. The van der Waals surface area contributed by atoms with Gasteiger partial charge in [-0.2, -0.15) is 0 Å². The first-order chi connectivity index (χ1) is 5.68. The molecule has 0 aromatic heterocycles. The van der Waals surface area contributed by atoms with Crippen LogP contribution in [-0.4, -0.2) is 5.96 Å². The van der Waals surface area contributed by atoms with Gasteiger partial charge in [-0.25, -0.2) is 4.99 Å². The minimum atomic E-state index is 0.133. The van der Waals surface area contributed by atoms with Gasteiger partial charge >= 0.3 is 0 Å². The predicted octanol–water partition coefficient (Wildman–Crippen LogP) is 1.06. The maximum absolute atomic E-state index is 5.20. The molecule has 0 amide bonds. The summed E-state index contributed by atoms with van der Waals surface area (Å²) in [7, 11) is 0. The molecule has 0 saturated heterocycles. The van der Waals surface area contributed by atoms with Crippen LogP contribution >= 0.6 is 22.6 Å². The van der Waals surface area contributed by atoms with Gasteiger partial charge < -0.3 is 11.5 Å². The van der Waals surface area contributed by atoms with Crippen molar-refractivity contribution in [2.45, 2.75) is 6.54 Å². The van der Waals surface area contributed by atoms with Crippen LogP contribution < -0.4 is 11.5 Å². The lowest BCUT2D eigenvalue weighted by Crippen LogP contribution is -2.22. The number of halogens is 1. The first-order valence-electron chi connectivity index (χ1n) is 3.48. The Morgan fingerprint density at radius 3 is 2.75 bits per heavy atom. The van der Waals surface area contributed by atoms with Gasteiger partial charge in [0.15, 0.2) is 5.96 Å². The quantitative estimate of drug-likeness (QED) is 0.481. The molecule has 0 fully saturated rings. The molecule has 12 heavy (non-hydrogen) atoms. The molecule has 1 aromatic carbocycles. The minimum absolute atomic E-state index is 0.133. The molecule has 0 bridgehead atoms. The van der Waals surface area contributed by atoms with Gasteiger partial charge in [-0.15, -0.1) is 0 Å². The SMILES string of the molecule is N[11C](N)=NCc1cccc(I)c1. The Bertz CT molecular complexity index is 292. The van der Waals surface area contributed by atoms with Crippen molar-refractivity contribution in [2.24, 2.45) is 16.5 Å². The normalized spacial score (nSPS) is 9.42. The van der Waals surface area contributed by atoms with E-state index in [1.54, 1.807) is 0 Å². The standard InChI is InChI=1S/C8H10IN3/c9-7-3-1-2-6(4-7)5-12-8(10)11/h1-4H,5H2,(H4,10,11,12)/i8-1. The monoisotopic (exact) mass is 274 g/mol. The van der Waals surface area contributed by atoms with E-state index >= 15 is 0 Å². The molecule has 1 rings (SSSR count). The Hall–Kier alpha value is -0.780.